The number of sulfonamides is 1. The third kappa shape index (κ3) is 4.93. The van der Waals surface area contributed by atoms with Crippen LogP contribution in [0.1, 0.15) is 30.6 Å². The molecule has 1 saturated heterocycles. The molecule has 0 aliphatic carbocycles. The quantitative estimate of drug-likeness (QED) is 0.598. The predicted octanol–water partition coefficient (Wildman–Crippen LogP) is 3.93. The predicted molar refractivity (Wildman–Crippen MR) is 116 cm³/mol. The molecule has 0 saturated carbocycles. The van der Waals surface area contributed by atoms with Crippen molar-refractivity contribution in [3.05, 3.63) is 59.7 Å². The molecule has 1 amide bonds. The summed E-state index contributed by atoms with van der Waals surface area (Å²) >= 11 is 0. The van der Waals surface area contributed by atoms with Crippen LogP contribution in [0.25, 0.3) is 11.5 Å². The van der Waals surface area contributed by atoms with Crippen LogP contribution in [0.3, 0.4) is 0 Å². The normalized spacial score (nSPS) is 19.4. The maximum Gasteiger partial charge on any atom is 0.322 e. The van der Waals surface area contributed by atoms with Gasteiger partial charge in [-0.1, -0.05) is 18.9 Å². The standard InChI is InChI=1S/C22H22F2N4O4S/c1-13-9-14(2)12-28(11-13)33(30,31)17-6-3-15(4-7-17)20(29)25-22-27-26-21(32-22)18-8-5-16(23)10-19(18)24/h3-8,10,13-14H,9,11-12H2,1-2H3,(H,25,27,29). The van der Waals surface area contributed by atoms with Gasteiger partial charge in [0.15, 0.2) is 0 Å². The van der Waals surface area contributed by atoms with Gasteiger partial charge in [-0.15, -0.1) is 5.10 Å². The molecule has 2 aromatic carbocycles. The van der Waals surface area contributed by atoms with E-state index >= 15 is 0 Å². The van der Waals surface area contributed by atoms with Gasteiger partial charge < -0.3 is 4.42 Å². The first-order valence-electron chi connectivity index (χ1n) is 10.3. The number of nitrogens with zero attached hydrogens (tertiary/aromatic N) is 3. The fourth-order valence-corrected chi connectivity index (χ4v) is 5.62. The summed E-state index contributed by atoms with van der Waals surface area (Å²) in [5, 5.41) is 9.67. The van der Waals surface area contributed by atoms with Gasteiger partial charge in [-0.25, -0.2) is 17.2 Å². The SMILES string of the molecule is CC1CC(C)CN(S(=O)(=O)c2ccc(C(=O)Nc3nnc(-c4ccc(F)cc4F)o3)cc2)C1. The number of amides is 1. The molecule has 0 spiro atoms. The summed E-state index contributed by atoms with van der Waals surface area (Å²) in [6.45, 7) is 4.98. The summed E-state index contributed by atoms with van der Waals surface area (Å²) in [6, 6.07) is 8.11. The summed E-state index contributed by atoms with van der Waals surface area (Å²) in [5.41, 5.74) is 0.0577. The van der Waals surface area contributed by atoms with Crippen molar-refractivity contribution in [1.82, 2.24) is 14.5 Å². The number of piperidine rings is 1. The first kappa shape index (κ1) is 23.0. The van der Waals surface area contributed by atoms with Crippen molar-refractivity contribution in [2.45, 2.75) is 25.2 Å². The monoisotopic (exact) mass is 476 g/mol. The number of carbonyl (C=O) groups excluding carboxylic acids is 1. The van der Waals surface area contributed by atoms with Gasteiger partial charge in [0.25, 0.3) is 11.8 Å². The van der Waals surface area contributed by atoms with Crippen LogP contribution in [0.2, 0.25) is 0 Å². The molecule has 0 radical (unpaired) electrons. The molecule has 174 valence electrons. The van der Waals surface area contributed by atoms with E-state index in [0.29, 0.717) is 19.2 Å². The van der Waals surface area contributed by atoms with Crippen LogP contribution >= 0.6 is 0 Å². The molecule has 4 rings (SSSR count). The van der Waals surface area contributed by atoms with E-state index in [0.717, 1.165) is 18.6 Å². The summed E-state index contributed by atoms with van der Waals surface area (Å²) in [5.74, 6) is -1.93. The van der Waals surface area contributed by atoms with Crippen LogP contribution in [0, 0.1) is 23.5 Å². The molecule has 0 bridgehead atoms. The van der Waals surface area contributed by atoms with Crippen LogP contribution in [0.15, 0.2) is 51.8 Å². The van der Waals surface area contributed by atoms with Gasteiger partial charge in [0.2, 0.25) is 10.0 Å². The Bertz CT molecular complexity index is 1270. The van der Waals surface area contributed by atoms with E-state index in [1.54, 1.807) is 0 Å². The second-order valence-electron chi connectivity index (χ2n) is 8.28. The number of nitrogens with one attached hydrogen (secondary N) is 1. The Morgan fingerprint density at radius 1 is 1.06 bits per heavy atom. The fourth-order valence-electron chi connectivity index (χ4n) is 3.94. The highest BCUT2D eigenvalue weighted by molar-refractivity contribution is 7.89. The average Bonchev–Trinajstić information content (AvgIpc) is 3.21. The topological polar surface area (TPSA) is 105 Å². The summed E-state index contributed by atoms with van der Waals surface area (Å²) in [6.07, 6.45) is 0.982. The van der Waals surface area contributed by atoms with Gasteiger partial charge in [0.05, 0.1) is 10.5 Å². The minimum atomic E-state index is -3.67. The molecule has 1 aliphatic heterocycles. The Balaban J connectivity index is 1.46. The van der Waals surface area contributed by atoms with E-state index < -0.39 is 27.6 Å². The van der Waals surface area contributed by atoms with Crippen molar-refractivity contribution in [3.8, 4) is 11.5 Å². The number of halogens is 2. The third-order valence-electron chi connectivity index (χ3n) is 5.40. The highest BCUT2D eigenvalue weighted by Crippen LogP contribution is 2.27. The maximum atomic E-state index is 13.9. The van der Waals surface area contributed by atoms with Gasteiger partial charge in [-0.3, -0.25) is 10.1 Å². The highest BCUT2D eigenvalue weighted by Gasteiger charge is 2.31. The molecule has 2 heterocycles. The summed E-state index contributed by atoms with van der Waals surface area (Å²) < 4.78 is 59.6. The third-order valence-corrected chi connectivity index (χ3v) is 7.24. The molecule has 1 fully saturated rings. The number of aromatic nitrogens is 2. The van der Waals surface area contributed by atoms with Crippen molar-refractivity contribution >= 4 is 21.9 Å². The molecule has 1 N–H and O–H groups in total. The lowest BCUT2D eigenvalue weighted by molar-refractivity contribution is 0.102. The number of benzene rings is 2. The molecule has 2 unspecified atom stereocenters. The zero-order valence-corrected chi connectivity index (χ0v) is 18.8. The highest BCUT2D eigenvalue weighted by atomic mass is 32.2. The molecule has 33 heavy (non-hydrogen) atoms. The summed E-state index contributed by atoms with van der Waals surface area (Å²) in [7, 11) is -3.67. The Morgan fingerprint density at radius 2 is 1.73 bits per heavy atom. The van der Waals surface area contributed by atoms with E-state index in [2.05, 4.69) is 15.5 Å². The van der Waals surface area contributed by atoms with E-state index in [1.807, 2.05) is 13.8 Å². The number of hydrogen-bond donors (Lipinski definition) is 1. The van der Waals surface area contributed by atoms with Gasteiger partial charge in [0.1, 0.15) is 11.6 Å². The van der Waals surface area contributed by atoms with E-state index in [4.69, 9.17) is 4.42 Å². The second kappa shape index (κ2) is 8.99. The molecule has 2 atom stereocenters. The molecular formula is C22H22F2N4O4S. The Kier molecular flexibility index (Phi) is 6.26. The number of anilines is 1. The largest absolute Gasteiger partial charge is 0.403 e. The minimum absolute atomic E-state index is 0.104. The van der Waals surface area contributed by atoms with Gasteiger partial charge in [0, 0.05) is 24.7 Å². The van der Waals surface area contributed by atoms with Crippen LogP contribution in [0.5, 0.6) is 0 Å². The molecule has 8 nitrogen and oxygen atoms in total. The van der Waals surface area contributed by atoms with Crippen LogP contribution < -0.4 is 5.32 Å². The van der Waals surface area contributed by atoms with Crippen molar-refractivity contribution < 1.29 is 26.4 Å². The molecule has 11 heteroatoms. The first-order chi connectivity index (χ1) is 15.6. The Hall–Kier alpha value is -3.18. The fraction of sp³-hybridized carbons (Fsp3) is 0.318. The lowest BCUT2D eigenvalue weighted by atomic mass is 9.94. The van der Waals surface area contributed by atoms with Crippen molar-refractivity contribution in [2.24, 2.45) is 11.8 Å². The Labute approximate surface area is 189 Å². The van der Waals surface area contributed by atoms with Crippen molar-refractivity contribution in [2.75, 3.05) is 18.4 Å². The number of hydrogen-bond acceptors (Lipinski definition) is 6. The van der Waals surface area contributed by atoms with Gasteiger partial charge in [-0.2, -0.15) is 4.31 Å². The van der Waals surface area contributed by atoms with E-state index in [-0.39, 0.29) is 39.8 Å². The maximum absolute atomic E-state index is 13.9. The van der Waals surface area contributed by atoms with E-state index in [9.17, 15) is 22.0 Å². The van der Waals surface area contributed by atoms with Crippen molar-refractivity contribution in [1.29, 1.82) is 0 Å². The lowest BCUT2D eigenvalue weighted by Crippen LogP contribution is -2.42. The first-order valence-corrected chi connectivity index (χ1v) is 11.8. The second-order valence-corrected chi connectivity index (χ2v) is 10.2. The zero-order chi connectivity index (χ0) is 23.8. The number of rotatable bonds is 5. The zero-order valence-electron chi connectivity index (χ0n) is 18.0. The van der Waals surface area contributed by atoms with Crippen LogP contribution in [-0.4, -0.2) is 41.9 Å². The smallest absolute Gasteiger partial charge is 0.322 e. The van der Waals surface area contributed by atoms with Crippen molar-refractivity contribution in [3.63, 3.8) is 0 Å². The lowest BCUT2D eigenvalue weighted by Gasteiger charge is -2.34. The number of carbonyl (C=O) groups is 1. The van der Waals surface area contributed by atoms with Crippen LogP contribution in [-0.2, 0) is 10.0 Å². The van der Waals surface area contributed by atoms with E-state index in [1.165, 1.54) is 28.6 Å². The summed E-state index contributed by atoms with van der Waals surface area (Å²) in [4.78, 5) is 12.6. The Morgan fingerprint density at radius 3 is 2.36 bits per heavy atom. The van der Waals surface area contributed by atoms with Crippen LogP contribution in [0.4, 0.5) is 14.8 Å². The minimum Gasteiger partial charge on any atom is -0.403 e. The molecular weight excluding hydrogens is 454 g/mol. The molecule has 3 aromatic rings. The molecule has 1 aromatic heterocycles. The van der Waals surface area contributed by atoms with Gasteiger partial charge >= 0.3 is 6.01 Å². The van der Waals surface area contributed by atoms with Gasteiger partial charge in [-0.05, 0) is 54.7 Å². The molecule has 1 aliphatic rings. The average molecular weight is 477 g/mol.